The maximum atomic E-state index is 11.8. The number of nitrogens with two attached hydrogens (primary N) is 1. The van der Waals surface area contributed by atoms with Crippen LogP contribution in [0.15, 0.2) is 12.3 Å². The Morgan fingerprint density at radius 1 is 0.828 bits per heavy atom. The SMILES string of the molecule is NCCCNCCCCNCCCNC(=O)CCCCCNC(=O)C1CC=CO1. The average Bonchev–Trinajstić information content (AvgIpc) is 3.26. The van der Waals surface area contributed by atoms with E-state index in [1.807, 2.05) is 6.08 Å². The molecular formula is C21H41N5O3. The number of hydrogen-bond acceptors (Lipinski definition) is 6. The lowest BCUT2D eigenvalue weighted by molar-refractivity contribution is -0.128. The zero-order valence-corrected chi connectivity index (χ0v) is 17.8. The van der Waals surface area contributed by atoms with Crippen molar-refractivity contribution in [1.29, 1.82) is 0 Å². The normalized spacial score (nSPS) is 15.3. The molecule has 1 aliphatic heterocycles. The van der Waals surface area contributed by atoms with Crippen LogP contribution in [0.2, 0.25) is 0 Å². The van der Waals surface area contributed by atoms with Crippen molar-refractivity contribution in [2.24, 2.45) is 5.73 Å². The van der Waals surface area contributed by atoms with Gasteiger partial charge >= 0.3 is 0 Å². The largest absolute Gasteiger partial charge is 0.488 e. The Morgan fingerprint density at radius 3 is 2.17 bits per heavy atom. The third-order valence-corrected chi connectivity index (χ3v) is 4.73. The number of rotatable bonds is 19. The van der Waals surface area contributed by atoms with Crippen LogP contribution in [0, 0.1) is 0 Å². The van der Waals surface area contributed by atoms with Gasteiger partial charge in [0.15, 0.2) is 6.10 Å². The lowest BCUT2D eigenvalue weighted by Crippen LogP contribution is -2.34. The second kappa shape index (κ2) is 18.4. The molecule has 0 aromatic rings. The summed E-state index contributed by atoms with van der Waals surface area (Å²) in [7, 11) is 0. The van der Waals surface area contributed by atoms with Gasteiger partial charge in [0.05, 0.1) is 6.26 Å². The van der Waals surface area contributed by atoms with Crippen LogP contribution in [0.4, 0.5) is 0 Å². The van der Waals surface area contributed by atoms with Gasteiger partial charge in [-0.05, 0) is 77.3 Å². The molecule has 8 heteroatoms. The summed E-state index contributed by atoms with van der Waals surface area (Å²) in [5.74, 6) is 0.0588. The van der Waals surface area contributed by atoms with Crippen molar-refractivity contribution in [1.82, 2.24) is 21.3 Å². The van der Waals surface area contributed by atoms with Crippen molar-refractivity contribution in [2.45, 2.75) is 63.9 Å². The van der Waals surface area contributed by atoms with E-state index >= 15 is 0 Å². The van der Waals surface area contributed by atoms with Gasteiger partial charge in [-0.1, -0.05) is 6.42 Å². The standard InChI is InChI=1S/C21H41N5O3/c22-11-7-14-23-12-4-5-13-24-15-8-17-25-20(27)10-2-1-3-16-26-21(28)19-9-6-18-29-19/h6,18-19,23-24H,1-5,7-17,22H2,(H,25,27)(H,26,28). The number of carbonyl (C=O) groups excluding carboxylic acids is 2. The van der Waals surface area contributed by atoms with E-state index in [-0.39, 0.29) is 17.9 Å². The minimum absolute atomic E-state index is 0.0551. The molecule has 0 fully saturated rings. The summed E-state index contributed by atoms with van der Waals surface area (Å²) >= 11 is 0. The number of hydrogen-bond donors (Lipinski definition) is 5. The molecule has 1 aliphatic rings. The molecule has 1 atom stereocenters. The van der Waals surface area contributed by atoms with Crippen molar-refractivity contribution in [2.75, 3.05) is 45.8 Å². The molecule has 0 bridgehead atoms. The van der Waals surface area contributed by atoms with Gasteiger partial charge in [0.25, 0.3) is 5.91 Å². The molecule has 1 unspecified atom stereocenters. The second-order valence-corrected chi connectivity index (χ2v) is 7.39. The van der Waals surface area contributed by atoms with Crippen LogP contribution < -0.4 is 27.0 Å². The van der Waals surface area contributed by atoms with Crippen molar-refractivity contribution < 1.29 is 14.3 Å². The van der Waals surface area contributed by atoms with Crippen molar-refractivity contribution >= 4 is 11.8 Å². The van der Waals surface area contributed by atoms with Gasteiger partial charge < -0.3 is 31.7 Å². The summed E-state index contributed by atoms with van der Waals surface area (Å²) < 4.78 is 5.16. The number of nitrogens with one attached hydrogen (secondary N) is 4. The maximum Gasteiger partial charge on any atom is 0.261 e. The Balaban J connectivity index is 1.76. The highest BCUT2D eigenvalue weighted by Crippen LogP contribution is 2.08. The molecule has 0 aromatic heterocycles. The molecule has 8 nitrogen and oxygen atoms in total. The number of carbonyl (C=O) groups is 2. The molecule has 6 N–H and O–H groups in total. The van der Waals surface area contributed by atoms with Gasteiger partial charge in [0.2, 0.25) is 5.91 Å². The summed E-state index contributed by atoms with van der Waals surface area (Å²) in [5.41, 5.74) is 5.44. The Labute approximate surface area is 175 Å². The maximum absolute atomic E-state index is 11.8. The van der Waals surface area contributed by atoms with E-state index in [0.29, 0.717) is 19.4 Å². The predicted molar refractivity (Wildman–Crippen MR) is 116 cm³/mol. The fourth-order valence-electron chi connectivity index (χ4n) is 2.97. The van der Waals surface area contributed by atoms with Gasteiger partial charge in [0.1, 0.15) is 0 Å². The highest BCUT2D eigenvalue weighted by Gasteiger charge is 2.19. The number of amides is 2. The van der Waals surface area contributed by atoms with E-state index in [4.69, 9.17) is 10.5 Å². The summed E-state index contributed by atoms with van der Waals surface area (Å²) in [6.07, 6.45) is 11.2. The van der Waals surface area contributed by atoms with E-state index in [2.05, 4.69) is 21.3 Å². The molecular weight excluding hydrogens is 370 g/mol. The Kier molecular flexibility index (Phi) is 16.1. The van der Waals surface area contributed by atoms with E-state index in [9.17, 15) is 9.59 Å². The van der Waals surface area contributed by atoms with Gasteiger partial charge in [-0.15, -0.1) is 0 Å². The Hall–Kier alpha value is -1.64. The van der Waals surface area contributed by atoms with E-state index in [1.165, 1.54) is 6.42 Å². The molecule has 0 aromatic carbocycles. The van der Waals surface area contributed by atoms with Gasteiger partial charge in [0, 0.05) is 25.9 Å². The zero-order chi connectivity index (χ0) is 21.0. The highest BCUT2D eigenvalue weighted by atomic mass is 16.5. The zero-order valence-electron chi connectivity index (χ0n) is 17.8. The summed E-state index contributed by atoms with van der Waals surface area (Å²) in [6, 6.07) is 0. The fourth-order valence-corrected chi connectivity index (χ4v) is 2.97. The van der Waals surface area contributed by atoms with Crippen LogP contribution in [-0.4, -0.2) is 63.7 Å². The first-order valence-corrected chi connectivity index (χ1v) is 11.2. The van der Waals surface area contributed by atoms with E-state index in [1.54, 1.807) is 6.26 Å². The average molecular weight is 412 g/mol. The van der Waals surface area contributed by atoms with Crippen LogP contribution in [-0.2, 0) is 14.3 Å². The number of ether oxygens (including phenoxy) is 1. The number of unbranched alkanes of at least 4 members (excludes halogenated alkanes) is 3. The first kappa shape index (κ1) is 25.4. The minimum atomic E-state index is -0.362. The lowest BCUT2D eigenvalue weighted by atomic mass is 10.2. The van der Waals surface area contributed by atoms with Crippen molar-refractivity contribution in [3.05, 3.63) is 12.3 Å². The third kappa shape index (κ3) is 14.9. The molecule has 168 valence electrons. The first-order valence-electron chi connectivity index (χ1n) is 11.2. The van der Waals surface area contributed by atoms with Crippen molar-refractivity contribution in [3.8, 4) is 0 Å². The smallest absolute Gasteiger partial charge is 0.261 e. The van der Waals surface area contributed by atoms with Crippen LogP contribution in [0.3, 0.4) is 0 Å². The van der Waals surface area contributed by atoms with Crippen molar-refractivity contribution in [3.63, 3.8) is 0 Å². The van der Waals surface area contributed by atoms with Gasteiger partial charge in [-0.3, -0.25) is 9.59 Å². The Bertz CT molecular complexity index is 452. The van der Waals surface area contributed by atoms with E-state index in [0.717, 1.165) is 77.8 Å². The second-order valence-electron chi connectivity index (χ2n) is 7.39. The fraction of sp³-hybridized carbons (Fsp3) is 0.810. The summed E-state index contributed by atoms with van der Waals surface area (Å²) in [5, 5.41) is 12.6. The molecule has 0 radical (unpaired) electrons. The third-order valence-electron chi connectivity index (χ3n) is 4.73. The monoisotopic (exact) mass is 411 g/mol. The molecule has 29 heavy (non-hydrogen) atoms. The van der Waals surface area contributed by atoms with E-state index < -0.39 is 0 Å². The molecule has 2 amide bonds. The molecule has 1 rings (SSSR count). The van der Waals surface area contributed by atoms with Gasteiger partial charge in [-0.2, -0.15) is 0 Å². The highest BCUT2D eigenvalue weighted by molar-refractivity contribution is 5.81. The predicted octanol–water partition coefficient (Wildman–Crippen LogP) is 0.780. The minimum Gasteiger partial charge on any atom is -0.488 e. The Morgan fingerprint density at radius 2 is 1.48 bits per heavy atom. The lowest BCUT2D eigenvalue weighted by Gasteiger charge is -2.10. The van der Waals surface area contributed by atoms with Crippen LogP contribution in [0.5, 0.6) is 0 Å². The quantitative estimate of drug-likeness (QED) is 0.201. The summed E-state index contributed by atoms with van der Waals surface area (Å²) in [6.45, 7) is 6.12. The molecule has 1 heterocycles. The molecule has 0 saturated heterocycles. The summed E-state index contributed by atoms with van der Waals surface area (Å²) in [4.78, 5) is 23.5. The van der Waals surface area contributed by atoms with Crippen LogP contribution >= 0.6 is 0 Å². The molecule has 0 spiro atoms. The van der Waals surface area contributed by atoms with Crippen LogP contribution in [0.25, 0.3) is 0 Å². The first-order chi connectivity index (χ1) is 14.2. The molecule has 0 saturated carbocycles. The molecule has 0 aliphatic carbocycles. The topological polar surface area (TPSA) is 118 Å². The van der Waals surface area contributed by atoms with Crippen LogP contribution in [0.1, 0.15) is 57.8 Å². The van der Waals surface area contributed by atoms with Gasteiger partial charge in [-0.25, -0.2) is 0 Å².